The van der Waals surface area contributed by atoms with E-state index in [9.17, 15) is 0 Å². The number of rotatable bonds is 7. The molecule has 0 spiro atoms. The maximum atomic E-state index is 5.15. The monoisotopic (exact) mass is 331 g/mol. The minimum absolute atomic E-state index is 0.748. The fourth-order valence-electron chi connectivity index (χ4n) is 2.96. The Labute approximate surface area is 142 Å². The molecule has 0 aliphatic carbocycles. The molecule has 23 heavy (non-hydrogen) atoms. The summed E-state index contributed by atoms with van der Waals surface area (Å²) in [5.74, 6) is 0.748. The van der Waals surface area contributed by atoms with Crippen molar-refractivity contribution in [3.63, 3.8) is 0 Å². The standard InChI is InChI=1S/C18H25N3OS/c1-22-12-11-21-9-7-15(8-10-21)13-19-18-20-17(14-23-18)16-5-3-2-4-6-16/h2-6,14-15H,7-13H2,1H3,(H,19,20). The van der Waals surface area contributed by atoms with Crippen LogP contribution in [-0.2, 0) is 4.74 Å². The second-order valence-corrected chi connectivity index (χ2v) is 6.92. The maximum Gasteiger partial charge on any atom is 0.183 e. The number of methoxy groups -OCH3 is 1. The Bertz CT molecular complexity index is 579. The van der Waals surface area contributed by atoms with E-state index >= 15 is 0 Å². The summed E-state index contributed by atoms with van der Waals surface area (Å²) in [5.41, 5.74) is 2.25. The number of nitrogens with zero attached hydrogens (tertiary/aromatic N) is 2. The summed E-state index contributed by atoms with van der Waals surface area (Å²) < 4.78 is 5.15. The van der Waals surface area contributed by atoms with E-state index in [0.29, 0.717) is 0 Å². The van der Waals surface area contributed by atoms with Gasteiger partial charge in [-0.3, -0.25) is 0 Å². The zero-order valence-electron chi connectivity index (χ0n) is 13.7. The lowest BCUT2D eigenvalue weighted by atomic mass is 9.97. The van der Waals surface area contributed by atoms with Gasteiger partial charge in [0.2, 0.25) is 0 Å². The summed E-state index contributed by atoms with van der Waals surface area (Å²) in [5, 5.41) is 6.69. The van der Waals surface area contributed by atoms with Crippen molar-refractivity contribution in [2.45, 2.75) is 12.8 Å². The number of ether oxygens (including phenoxy) is 1. The molecule has 0 bridgehead atoms. The average molecular weight is 331 g/mol. The molecule has 0 radical (unpaired) electrons. The summed E-state index contributed by atoms with van der Waals surface area (Å²) >= 11 is 1.70. The van der Waals surface area contributed by atoms with Gasteiger partial charge in [-0.15, -0.1) is 11.3 Å². The van der Waals surface area contributed by atoms with Crippen LogP contribution in [0.3, 0.4) is 0 Å². The van der Waals surface area contributed by atoms with E-state index < -0.39 is 0 Å². The highest BCUT2D eigenvalue weighted by atomic mass is 32.1. The molecule has 0 amide bonds. The van der Waals surface area contributed by atoms with Crippen LogP contribution < -0.4 is 5.32 Å². The smallest absolute Gasteiger partial charge is 0.183 e. The molecule has 0 unspecified atom stereocenters. The molecule has 1 aliphatic rings. The molecule has 124 valence electrons. The maximum absolute atomic E-state index is 5.15. The van der Waals surface area contributed by atoms with Crippen molar-refractivity contribution >= 4 is 16.5 Å². The summed E-state index contributed by atoms with van der Waals surface area (Å²) in [7, 11) is 1.77. The molecule has 1 aromatic heterocycles. The number of hydrogen-bond donors (Lipinski definition) is 1. The van der Waals surface area contributed by atoms with Crippen molar-refractivity contribution in [2.75, 3.05) is 45.2 Å². The van der Waals surface area contributed by atoms with Crippen LogP contribution in [-0.4, -0.2) is 49.8 Å². The average Bonchev–Trinajstić information content (AvgIpc) is 3.09. The number of hydrogen-bond acceptors (Lipinski definition) is 5. The van der Waals surface area contributed by atoms with Gasteiger partial charge in [0.05, 0.1) is 12.3 Å². The van der Waals surface area contributed by atoms with Crippen LogP contribution in [0.25, 0.3) is 11.3 Å². The first kappa shape index (κ1) is 16.4. The molecular formula is C18H25N3OS. The van der Waals surface area contributed by atoms with Gasteiger partial charge in [-0.2, -0.15) is 0 Å². The highest BCUT2D eigenvalue weighted by Crippen LogP contribution is 2.25. The van der Waals surface area contributed by atoms with Gasteiger partial charge in [-0.1, -0.05) is 30.3 Å². The van der Waals surface area contributed by atoms with E-state index in [1.54, 1.807) is 18.4 Å². The lowest BCUT2D eigenvalue weighted by Crippen LogP contribution is -2.37. The Morgan fingerprint density at radius 1 is 1.26 bits per heavy atom. The summed E-state index contributed by atoms with van der Waals surface area (Å²) in [6.07, 6.45) is 2.52. The van der Waals surface area contributed by atoms with Gasteiger partial charge in [-0.05, 0) is 31.8 Å². The molecule has 1 aliphatic heterocycles. The highest BCUT2D eigenvalue weighted by molar-refractivity contribution is 7.14. The topological polar surface area (TPSA) is 37.4 Å². The molecule has 1 saturated heterocycles. The van der Waals surface area contributed by atoms with E-state index in [0.717, 1.165) is 36.4 Å². The lowest BCUT2D eigenvalue weighted by Gasteiger charge is -2.31. The highest BCUT2D eigenvalue weighted by Gasteiger charge is 2.19. The minimum atomic E-state index is 0.748. The molecular weight excluding hydrogens is 306 g/mol. The third-order valence-electron chi connectivity index (χ3n) is 4.43. The Hall–Kier alpha value is -1.43. The van der Waals surface area contributed by atoms with Gasteiger partial charge in [0.15, 0.2) is 5.13 Å². The Morgan fingerprint density at radius 2 is 2.04 bits per heavy atom. The third kappa shape index (κ3) is 4.77. The SMILES string of the molecule is COCCN1CCC(CNc2nc(-c3ccccc3)cs2)CC1. The Morgan fingerprint density at radius 3 is 2.78 bits per heavy atom. The van der Waals surface area contributed by atoms with Gasteiger partial charge in [0, 0.05) is 31.1 Å². The first-order valence-electron chi connectivity index (χ1n) is 8.31. The van der Waals surface area contributed by atoms with Crippen molar-refractivity contribution in [2.24, 2.45) is 5.92 Å². The molecule has 1 fully saturated rings. The largest absolute Gasteiger partial charge is 0.383 e. The van der Waals surface area contributed by atoms with Crippen molar-refractivity contribution in [3.05, 3.63) is 35.7 Å². The lowest BCUT2D eigenvalue weighted by molar-refractivity contribution is 0.122. The van der Waals surface area contributed by atoms with E-state index in [1.165, 1.54) is 31.5 Å². The van der Waals surface area contributed by atoms with Gasteiger partial charge >= 0.3 is 0 Å². The van der Waals surface area contributed by atoms with E-state index in [1.807, 2.05) is 6.07 Å². The summed E-state index contributed by atoms with van der Waals surface area (Å²) in [6, 6.07) is 10.4. The van der Waals surface area contributed by atoms with Crippen molar-refractivity contribution in [1.82, 2.24) is 9.88 Å². The second-order valence-electron chi connectivity index (χ2n) is 6.06. The van der Waals surface area contributed by atoms with Gasteiger partial charge in [0.25, 0.3) is 0 Å². The molecule has 0 saturated carbocycles. The van der Waals surface area contributed by atoms with Gasteiger partial charge in [0.1, 0.15) is 0 Å². The van der Waals surface area contributed by atoms with Crippen molar-refractivity contribution < 1.29 is 4.74 Å². The van der Waals surface area contributed by atoms with Crippen LogP contribution >= 0.6 is 11.3 Å². The minimum Gasteiger partial charge on any atom is -0.383 e. The fourth-order valence-corrected chi connectivity index (χ4v) is 3.69. The van der Waals surface area contributed by atoms with E-state index in [2.05, 4.69) is 39.9 Å². The van der Waals surface area contributed by atoms with Gasteiger partial charge < -0.3 is 15.0 Å². The molecule has 5 heteroatoms. The van der Waals surface area contributed by atoms with Crippen LogP contribution in [0.2, 0.25) is 0 Å². The predicted octanol–water partition coefficient (Wildman–Crippen LogP) is 3.58. The van der Waals surface area contributed by atoms with Crippen LogP contribution in [0.1, 0.15) is 12.8 Å². The van der Waals surface area contributed by atoms with E-state index in [-0.39, 0.29) is 0 Å². The fraction of sp³-hybridized carbons (Fsp3) is 0.500. The van der Waals surface area contributed by atoms with Gasteiger partial charge in [-0.25, -0.2) is 4.98 Å². The normalized spacial score (nSPS) is 16.6. The molecule has 2 heterocycles. The predicted molar refractivity (Wildman–Crippen MR) is 97.1 cm³/mol. The first-order valence-corrected chi connectivity index (χ1v) is 9.19. The molecule has 1 aromatic carbocycles. The summed E-state index contributed by atoms with van der Waals surface area (Å²) in [6.45, 7) is 5.29. The third-order valence-corrected chi connectivity index (χ3v) is 5.23. The number of benzene rings is 1. The molecule has 3 rings (SSSR count). The van der Waals surface area contributed by atoms with Crippen molar-refractivity contribution in [1.29, 1.82) is 0 Å². The Kier molecular flexibility index (Phi) is 6.02. The zero-order chi connectivity index (χ0) is 15.9. The Balaban J connectivity index is 1.44. The summed E-state index contributed by atoms with van der Waals surface area (Å²) in [4.78, 5) is 7.20. The quantitative estimate of drug-likeness (QED) is 0.841. The molecule has 1 N–H and O–H groups in total. The first-order chi connectivity index (χ1) is 11.3. The number of nitrogens with one attached hydrogen (secondary N) is 1. The molecule has 0 atom stereocenters. The molecule has 4 nitrogen and oxygen atoms in total. The van der Waals surface area contributed by atoms with Crippen LogP contribution in [0, 0.1) is 5.92 Å². The van der Waals surface area contributed by atoms with Crippen LogP contribution in [0.15, 0.2) is 35.7 Å². The zero-order valence-corrected chi connectivity index (χ0v) is 14.5. The number of piperidine rings is 1. The van der Waals surface area contributed by atoms with E-state index in [4.69, 9.17) is 9.72 Å². The number of thiazole rings is 1. The van der Waals surface area contributed by atoms with Crippen molar-refractivity contribution in [3.8, 4) is 11.3 Å². The van der Waals surface area contributed by atoms with Crippen LogP contribution in [0.4, 0.5) is 5.13 Å². The number of likely N-dealkylation sites (tertiary alicyclic amines) is 1. The second kappa shape index (κ2) is 8.43. The molecule has 2 aromatic rings. The van der Waals surface area contributed by atoms with Crippen LogP contribution in [0.5, 0.6) is 0 Å². The number of aromatic nitrogens is 1. The number of anilines is 1.